The molecule has 3 rings (SSSR count). The highest BCUT2D eigenvalue weighted by molar-refractivity contribution is 5.98. The van der Waals surface area contributed by atoms with Gasteiger partial charge in [-0.2, -0.15) is 9.90 Å². The summed E-state index contributed by atoms with van der Waals surface area (Å²) < 4.78 is 5.14. The lowest BCUT2D eigenvalue weighted by molar-refractivity contribution is -0.116. The van der Waals surface area contributed by atoms with E-state index < -0.39 is 0 Å². The molecule has 0 aliphatic rings. The molecule has 1 N–H and O–H groups in total. The van der Waals surface area contributed by atoms with Gasteiger partial charge in [0.15, 0.2) is 5.69 Å². The zero-order valence-corrected chi connectivity index (χ0v) is 15.7. The number of benzene rings is 2. The summed E-state index contributed by atoms with van der Waals surface area (Å²) in [6.07, 6.45) is 1.40. The summed E-state index contributed by atoms with van der Waals surface area (Å²) in [6.45, 7) is 2.08. The minimum Gasteiger partial charge on any atom is -0.497 e. The van der Waals surface area contributed by atoms with E-state index in [1.807, 2.05) is 30.3 Å². The van der Waals surface area contributed by atoms with Crippen LogP contribution in [0.2, 0.25) is 0 Å². The van der Waals surface area contributed by atoms with Crippen molar-refractivity contribution in [2.45, 2.75) is 6.92 Å². The van der Waals surface area contributed by atoms with Crippen LogP contribution in [0, 0.1) is 0 Å². The summed E-state index contributed by atoms with van der Waals surface area (Å²) >= 11 is 0. The average Bonchev–Trinajstić information content (AvgIpc) is 3.22. The van der Waals surface area contributed by atoms with E-state index in [2.05, 4.69) is 15.5 Å². The van der Waals surface area contributed by atoms with Gasteiger partial charge in [-0.1, -0.05) is 24.3 Å². The van der Waals surface area contributed by atoms with Crippen molar-refractivity contribution in [3.63, 3.8) is 0 Å². The predicted molar refractivity (Wildman–Crippen MR) is 105 cm³/mol. The topological polar surface area (TPSA) is 89.4 Å². The summed E-state index contributed by atoms with van der Waals surface area (Å²) in [5, 5.41) is 11.1. The minimum atomic E-state index is -0.356. The number of nitrogens with one attached hydrogen (secondary N) is 1. The van der Waals surface area contributed by atoms with E-state index in [1.54, 1.807) is 38.3 Å². The number of hydrogen-bond acceptors (Lipinski definition) is 5. The average molecular weight is 379 g/mol. The van der Waals surface area contributed by atoms with Crippen LogP contribution in [0.25, 0.3) is 5.69 Å². The van der Waals surface area contributed by atoms with Crippen molar-refractivity contribution < 1.29 is 14.3 Å². The summed E-state index contributed by atoms with van der Waals surface area (Å²) in [4.78, 5) is 27.9. The van der Waals surface area contributed by atoms with E-state index >= 15 is 0 Å². The molecule has 28 heavy (non-hydrogen) atoms. The molecule has 144 valence electrons. The molecule has 3 aromatic rings. The van der Waals surface area contributed by atoms with E-state index in [9.17, 15) is 9.59 Å². The van der Waals surface area contributed by atoms with Crippen molar-refractivity contribution in [1.29, 1.82) is 0 Å². The Morgan fingerprint density at radius 1 is 1.14 bits per heavy atom. The molecular formula is C20H21N5O3. The van der Waals surface area contributed by atoms with Gasteiger partial charge < -0.3 is 15.0 Å². The molecule has 0 atom stereocenters. The molecule has 0 aliphatic heterocycles. The molecule has 0 saturated carbocycles. The number of aromatic nitrogens is 3. The Morgan fingerprint density at radius 3 is 2.64 bits per heavy atom. The number of methoxy groups -OCH3 is 1. The number of ether oxygens (including phenoxy) is 1. The van der Waals surface area contributed by atoms with Crippen molar-refractivity contribution in [3.8, 4) is 11.4 Å². The Balaban J connectivity index is 1.66. The van der Waals surface area contributed by atoms with Crippen molar-refractivity contribution >= 4 is 17.5 Å². The molecule has 0 unspecified atom stereocenters. The Kier molecular flexibility index (Phi) is 6.01. The van der Waals surface area contributed by atoms with Gasteiger partial charge >= 0.3 is 0 Å². The zero-order valence-electron chi connectivity index (χ0n) is 15.7. The Labute approximate surface area is 162 Å². The monoisotopic (exact) mass is 379 g/mol. The maximum atomic E-state index is 12.7. The lowest BCUT2D eigenvalue weighted by Gasteiger charge is -2.19. The Morgan fingerprint density at radius 2 is 1.93 bits per heavy atom. The highest BCUT2D eigenvalue weighted by Crippen LogP contribution is 2.16. The lowest BCUT2D eigenvalue weighted by Crippen LogP contribution is -2.38. The number of likely N-dealkylation sites (N-methyl/N-ethyl adjacent to an activating group) is 1. The first-order valence-corrected chi connectivity index (χ1v) is 8.81. The van der Waals surface area contributed by atoms with Gasteiger partial charge in [-0.05, 0) is 31.2 Å². The fraction of sp³-hybridized carbons (Fsp3) is 0.200. The van der Waals surface area contributed by atoms with Crippen LogP contribution >= 0.6 is 0 Å². The number of hydrogen-bond donors (Lipinski definition) is 1. The number of rotatable bonds is 7. The third kappa shape index (κ3) is 4.53. The van der Waals surface area contributed by atoms with Gasteiger partial charge in [0.1, 0.15) is 12.3 Å². The van der Waals surface area contributed by atoms with Crippen LogP contribution in [0.5, 0.6) is 5.75 Å². The standard InChI is InChI=1S/C20H21N5O3/c1-3-24(14-19(26)22-15-8-7-11-17(12-15)28-2)20(27)18-13-21-25(23-18)16-9-5-4-6-10-16/h4-13H,3,14H2,1-2H3,(H,22,26). The third-order valence-electron chi connectivity index (χ3n) is 4.05. The second kappa shape index (κ2) is 8.81. The van der Waals surface area contributed by atoms with E-state index in [0.717, 1.165) is 5.69 Å². The van der Waals surface area contributed by atoms with Crippen molar-refractivity contribution in [1.82, 2.24) is 19.9 Å². The molecule has 2 aromatic carbocycles. The summed E-state index contributed by atoms with van der Waals surface area (Å²) in [7, 11) is 1.56. The quantitative estimate of drug-likeness (QED) is 0.681. The van der Waals surface area contributed by atoms with Crippen LogP contribution in [0.3, 0.4) is 0 Å². The van der Waals surface area contributed by atoms with Crippen LogP contribution in [0.15, 0.2) is 60.8 Å². The molecule has 0 saturated heterocycles. The number of para-hydroxylation sites is 1. The smallest absolute Gasteiger partial charge is 0.276 e. The maximum absolute atomic E-state index is 12.7. The van der Waals surface area contributed by atoms with Gasteiger partial charge in [0, 0.05) is 18.3 Å². The van der Waals surface area contributed by atoms with Crippen molar-refractivity contribution in [2.24, 2.45) is 0 Å². The Bertz CT molecular complexity index is 955. The van der Waals surface area contributed by atoms with E-state index in [4.69, 9.17) is 4.74 Å². The van der Waals surface area contributed by atoms with Crippen LogP contribution in [-0.4, -0.2) is 51.9 Å². The highest BCUT2D eigenvalue weighted by atomic mass is 16.5. The summed E-state index contributed by atoms with van der Waals surface area (Å²) in [6, 6.07) is 16.3. The second-order valence-corrected chi connectivity index (χ2v) is 5.95. The van der Waals surface area contributed by atoms with Gasteiger partial charge in [0.2, 0.25) is 5.91 Å². The van der Waals surface area contributed by atoms with Crippen molar-refractivity contribution in [3.05, 3.63) is 66.5 Å². The van der Waals surface area contributed by atoms with Gasteiger partial charge in [-0.3, -0.25) is 9.59 Å². The maximum Gasteiger partial charge on any atom is 0.276 e. The highest BCUT2D eigenvalue weighted by Gasteiger charge is 2.20. The molecule has 2 amide bonds. The van der Waals surface area contributed by atoms with E-state index in [0.29, 0.717) is 18.0 Å². The van der Waals surface area contributed by atoms with Crippen molar-refractivity contribution in [2.75, 3.05) is 25.5 Å². The second-order valence-electron chi connectivity index (χ2n) is 5.95. The number of amides is 2. The normalized spacial score (nSPS) is 10.4. The molecule has 0 radical (unpaired) electrons. The first kappa shape index (κ1) is 19.1. The van der Waals surface area contributed by atoms with Gasteiger partial charge in [-0.15, -0.1) is 5.10 Å². The molecule has 0 spiro atoms. The fourth-order valence-corrected chi connectivity index (χ4v) is 2.61. The number of anilines is 1. The molecule has 0 aliphatic carbocycles. The first-order valence-electron chi connectivity index (χ1n) is 8.81. The minimum absolute atomic E-state index is 0.0925. The van der Waals surface area contributed by atoms with Crippen LogP contribution in [0.1, 0.15) is 17.4 Å². The molecule has 0 fully saturated rings. The largest absolute Gasteiger partial charge is 0.497 e. The molecule has 0 bridgehead atoms. The van der Waals surface area contributed by atoms with E-state index in [1.165, 1.54) is 15.9 Å². The SMILES string of the molecule is CCN(CC(=O)Nc1cccc(OC)c1)C(=O)c1cnn(-c2ccccc2)n1. The molecule has 8 nitrogen and oxygen atoms in total. The lowest BCUT2D eigenvalue weighted by atomic mass is 10.3. The number of carbonyl (C=O) groups excluding carboxylic acids is 2. The zero-order chi connectivity index (χ0) is 19.9. The predicted octanol–water partition coefficient (Wildman–Crippen LogP) is 2.38. The molecule has 1 heterocycles. The van der Waals surface area contributed by atoms with Crippen LogP contribution in [-0.2, 0) is 4.79 Å². The fourth-order valence-electron chi connectivity index (χ4n) is 2.61. The third-order valence-corrected chi connectivity index (χ3v) is 4.05. The number of carbonyl (C=O) groups is 2. The van der Waals surface area contributed by atoms with Gasteiger partial charge in [0.25, 0.3) is 5.91 Å². The Hall–Kier alpha value is -3.68. The molecule has 8 heteroatoms. The van der Waals surface area contributed by atoms with Gasteiger partial charge in [0.05, 0.1) is 19.0 Å². The number of nitrogens with zero attached hydrogens (tertiary/aromatic N) is 4. The summed E-state index contributed by atoms with van der Waals surface area (Å²) in [5.74, 6) is -0.0249. The first-order chi connectivity index (χ1) is 13.6. The van der Waals surface area contributed by atoms with E-state index in [-0.39, 0.29) is 24.1 Å². The van der Waals surface area contributed by atoms with Crippen LogP contribution in [0.4, 0.5) is 5.69 Å². The van der Waals surface area contributed by atoms with Crippen LogP contribution < -0.4 is 10.1 Å². The summed E-state index contributed by atoms with van der Waals surface area (Å²) in [5.41, 5.74) is 1.53. The molecular weight excluding hydrogens is 358 g/mol. The van der Waals surface area contributed by atoms with Gasteiger partial charge in [-0.25, -0.2) is 0 Å². The molecule has 1 aromatic heterocycles.